The van der Waals surface area contributed by atoms with E-state index in [-0.39, 0.29) is 41.4 Å². The molecule has 6 atom stereocenters. The predicted octanol–water partition coefficient (Wildman–Crippen LogP) is 3.41. The number of aliphatic hydroxyl groups is 1. The average Bonchev–Trinajstić information content (AvgIpc) is 3.11. The van der Waals surface area contributed by atoms with Crippen LogP contribution in [0.5, 0.6) is 0 Å². The summed E-state index contributed by atoms with van der Waals surface area (Å²) in [7, 11) is 1.56. The van der Waals surface area contributed by atoms with E-state index in [4.69, 9.17) is 14.2 Å². The van der Waals surface area contributed by atoms with Crippen LogP contribution >= 0.6 is 0 Å². The third-order valence-corrected chi connectivity index (χ3v) is 7.75. The number of hydrogen-bond donors (Lipinski definition) is 1. The fourth-order valence-corrected chi connectivity index (χ4v) is 6.33. The van der Waals surface area contributed by atoms with Crippen molar-refractivity contribution >= 4 is 5.97 Å². The fourth-order valence-electron chi connectivity index (χ4n) is 6.33. The number of rotatable bonds is 3. The number of cyclic esters (lactones) is 1. The second-order valence-corrected chi connectivity index (χ2v) is 9.28. The highest BCUT2D eigenvalue weighted by molar-refractivity contribution is 5.93. The molecule has 5 heterocycles. The van der Waals surface area contributed by atoms with Crippen LogP contribution in [-0.2, 0) is 19.0 Å². The zero-order chi connectivity index (χ0) is 21.2. The van der Waals surface area contributed by atoms with E-state index in [9.17, 15) is 9.90 Å². The van der Waals surface area contributed by atoms with Gasteiger partial charge in [-0.05, 0) is 38.7 Å². The first kappa shape index (κ1) is 19.9. The molecular weight excluding hydrogens is 382 g/mol. The summed E-state index contributed by atoms with van der Waals surface area (Å²) in [6.45, 7) is 6.84. The Morgan fingerprint density at radius 1 is 1.40 bits per heavy atom. The van der Waals surface area contributed by atoms with Gasteiger partial charge in [0.15, 0.2) is 11.5 Å². The lowest BCUT2D eigenvalue weighted by Gasteiger charge is -2.55. The number of methoxy groups -OCH3 is 1. The second-order valence-electron chi connectivity index (χ2n) is 9.28. The molecule has 0 saturated carbocycles. The first-order valence-corrected chi connectivity index (χ1v) is 11.2. The molecule has 2 fully saturated rings. The summed E-state index contributed by atoms with van der Waals surface area (Å²) < 4.78 is 17.5. The van der Waals surface area contributed by atoms with E-state index in [0.29, 0.717) is 22.9 Å². The van der Waals surface area contributed by atoms with Crippen molar-refractivity contribution in [2.45, 2.75) is 64.1 Å². The Balaban J connectivity index is 1.60. The molecule has 6 aliphatic rings. The summed E-state index contributed by atoms with van der Waals surface area (Å²) in [5, 5.41) is 10.8. The summed E-state index contributed by atoms with van der Waals surface area (Å²) in [6.07, 6.45) is 10.5. The lowest BCUT2D eigenvalue weighted by atomic mass is 9.68. The monoisotopic (exact) mass is 413 g/mol. The topological polar surface area (TPSA) is 68.2 Å². The molecule has 1 aliphatic carbocycles. The zero-order valence-electron chi connectivity index (χ0n) is 18.2. The first-order chi connectivity index (χ1) is 14.4. The van der Waals surface area contributed by atoms with Gasteiger partial charge in [0.1, 0.15) is 5.76 Å². The number of allylic oxidation sites excluding steroid dienone is 1. The summed E-state index contributed by atoms with van der Waals surface area (Å²) in [6, 6.07) is 0.161. The Labute approximate surface area is 177 Å². The predicted molar refractivity (Wildman–Crippen MR) is 111 cm³/mol. The Morgan fingerprint density at radius 3 is 2.93 bits per heavy atom. The third-order valence-electron chi connectivity index (χ3n) is 7.75. The van der Waals surface area contributed by atoms with Gasteiger partial charge in [-0.2, -0.15) is 0 Å². The number of nitrogens with zero attached hydrogens (tertiary/aromatic N) is 1. The number of esters is 1. The molecule has 6 unspecified atom stereocenters. The quantitative estimate of drug-likeness (QED) is 0.565. The van der Waals surface area contributed by atoms with Gasteiger partial charge in [0.2, 0.25) is 5.76 Å². The van der Waals surface area contributed by atoms with E-state index in [1.165, 1.54) is 0 Å². The van der Waals surface area contributed by atoms with Crippen molar-refractivity contribution in [2.75, 3.05) is 13.7 Å². The maximum atomic E-state index is 12.2. The van der Waals surface area contributed by atoms with Crippen LogP contribution in [0.2, 0.25) is 0 Å². The lowest BCUT2D eigenvalue weighted by Crippen LogP contribution is -2.64. The molecule has 6 rings (SSSR count). The standard InChI is InChI=1S/C24H31NO5/c1-5-17(26)16-7-6-9-24-10-8-15(12-25(16)24)11-18-19(24)13(2)21(29-18)22-20(28-4)14(3)23(27)30-22/h8,10-11,13,15-17,19,26H,5-7,9,12H2,1-4H3. The normalized spacial score (nSPS) is 41.1. The van der Waals surface area contributed by atoms with Crippen molar-refractivity contribution in [2.24, 2.45) is 17.8 Å². The average molecular weight is 414 g/mol. The van der Waals surface area contributed by atoms with Crippen LogP contribution in [0.25, 0.3) is 0 Å². The summed E-state index contributed by atoms with van der Waals surface area (Å²) in [5.74, 6) is 2.56. The Morgan fingerprint density at radius 2 is 2.20 bits per heavy atom. The molecule has 0 aromatic rings. The number of piperidine rings is 1. The van der Waals surface area contributed by atoms with E-state index >= 15 is 0 Å². The molecule has 1 N–H and O–H groups in total. The number of carbonyl (C=O) groups is 1. The van der Waals surface area contributed by atoms with E-state index < -0.39 is 0 Å². The third kappa shape index (κ3) is 2.59. The maximum absolute atomic E-state index is 12.2. The smallest absolute Gasteiger partial charge is 0.343 e. The molecule has 2 bridgehead atoms. The van der Waals surface area contributed by atoms with E-state index in [1.54, 1.807) is 14.0 Å². The van der Waals surface area contributed by atoms with Gasteiger partial charge >= 0.3 is 5.97 Å². The van der Waals surface area contributed by atoms with Crippen molar-refractivity contribution in [1.82, 2.24) is 4.90 Å². The highest BCUT2D eigenvalue weighted by Crippen LogP contribution is 2.56. The Kier molecular flexibility index (Phi) is 4.63. The van der Waals surface area contributed by atoms with Crippen LogP contribution in [0.1, 0.15) is 46.5 Å². The second kappa shape index (κ2) is 6.99. The van der Waals surface area contributed by atoms with Crippen LogP contribution < -0.4 is 0 Å². The van der Waals surface area contributed by atoms with Crippen molar-refractivity contribution in [3.05, 3.63) is 46.8 Å². The molecule has 6 heteroatoms. The van der Waals surface area contributed by atoms with Crippen molar-refractivity contribution in [3.8, 4) is 0 Å². The minimum atomic E-state index is -0.378. The number of hydrogen-bond acceptors (Lipinski definition) is 6. The van der Waals surface area contributed by atoms with Gasteiger partial charge in [0, 0.05) is 30.3 Å². The van der Waals surface area contributed by atoms with E-state index in [2.05, 4.69) is 37.0 Å². The van der Waals surface area contributed by atoms with Gasteiger partial charge in [0.05, 0.1) is 24.3 Å². The number of aliphatic hydroxyl groups excluding tert-OH is 1. The van der Waals surface area contributed by atoms with Gasteiger partial charge < -0.3 is 19.3 Å². The van der Waals surface area contributed by atoms with Gasteiger partial charge in [-0.3, -0.25) is 4.90 Å². The van der Waals surface area contributed by atoms with E-state index in [1.807, 2.05) is 0 Å². The van der Waals surface area contributed by atoms with Gasteiger partial charge in [0.25, 0.3) is 0 Å². The highest BCUT2D eigenvalue weighted by Gasteiger charge is 2.59. The molecule has 6 nitrogen and oxygen atoms in total. The maximum Gasteiger partial charge on any atom is 0.343 e. The van der Waals surface area contributed by atoms with Gasteiger partial charge in [-0.15, -0.1) is 0 Å². The Hall–Kier alpha value is -2.05. The Bertz CT molecular complexity index is 899. The summed E-state index contributed by atoms with van der Waals surface area (Å²) in [4.78, 5) is 14.7. The lowest BCUT2D eigenvalue weighted by molar-refractivity contribution is -0.133. The SMILES string of the molecule is CCC(O)C1CCCC23C=CC(C=C4OC(=C5OC(=O)C(C)=C5OC)C(C)C42)CN13. The largest absolute Gasteiger partial charge is 0.492 e. The van der Waals surface area contributed by atoms with Crippen LogP contribution in [0.4, 0.5) is 0 Å². The van der Waals surface area contributed by atoms with Crippen LogP contribution in [0.15, 0.2) is 46.8 Å². The molecule has 2 saturated heterocycles. The molecule has 5 aliphatic heterocycles. The summed E-state index contributed by atoms with van der Waals surface area (Å²) >= 11 is 0. The minimum Gasteiger partial charge on any atom is -0.492 e. The first-order valence-electron chi connectivity index (χ1n) is 11.2. The van der Waals surface area contributed by atoms with Crippen molar-refractivity contribution in [3.63, 3.8) is 0 Å². The number of ether oxygens (including phenoxy) is 3. The molecule has 162 valence electrons. The van der Waals surface area contributed by atoms with Crippen molar-refractivity contribution in [1.29, 1.82) is 0 Å². The highest BCUT2D eigenvalue weighted by atomic mass is 16.6. The fraction of sp³-hybridized carbons (Fsp3) is 0.625. The van der Waals surface area contributed by atoms with Crippen LogP contribution in [0, 0.1) is 17.8 Å². The molecule has 30 heavy (non-hydrogen) atoms. The van der Waals surface area contributed by atoms with Gasteiger partial charge in [-0.1, -0.05) is 26.0 Å². The molecular formula is C24H31NO5. The molecule has 0 aromatic carbocycles. The minimum absolute atomic E-state index is 0.0246. The molecule has 0 radical (unpaired) electrons. The van der Waals surface area contributed by atoms with Gasteiger partial charge in [-0.25, -0.2) is 4.79 Å². The van der Waals surface area contributed by atoms with Crippen molar-refractivity contribution < 1.29 is 24.1 Å². The van der Waals surface area contributed by atoms with Crippen LogP contribution in [-0.4, -0.2) is 47.3 Å². The molecule has 0 amide bonds. The zero-order valence-corrected chi connectivity index (χ0v) is 18.2. The molecule has 0 aromatic heterocycles. The van der Waals surface area contributed by atoms with Crippen LogP contribution in [0.3, 0.4) is 0 Å². The summed E-state index contributed by atoms with van der Waals surface area (Å²) in [5.41, 5.74) is 0.288. The van der Waals surface area contributed by atoms with E-state index in [0.717, 1.165) is 38.0 Å². The number of carbonyl (C=O) groups excluding carboxylic acids is 1. The molecule has 1 spiro atoms.